The second-order valence-electron chi connectivity index (χ2n) is 30.3. The first-order valence-corrected chi connectivity index (χ1v) is 39.6. The Morgan fingerprint density at radius 2 is 1.01 bits per heavy atom. The van der Waals surface area contributed by atoms with Gasteiger partial charge in [-0.3, -0.25) is 19.6 Å². The summed E-state index contributed by atoms with van der Waals surface area (Å²) in [5.74, 6) is 6.41. The predicted octanol–water partition coefficient (Wildman–Crippen LogP) is 14.7. The van der Waals surface area contributed by atoms with Gasteiger partial charge < -0.3 is 35.6 Å². The second-order valence-corrected chi connectivity index (χ2v) is 32.6. The Hall–Kier alpha value is -7.63. The minimum Gasteiger partial charge on any atom is -0.383 e. The van der Waals surface area contributed by atoms with Gasteiger partial charge in [0.15, 0.2) is 9.84 Å². The van der Waals surface area contributed by atoms with E-state index >= 15 is 0 Å². The molecule has 13 rings (SSSR count). The summed E-state index contributed by atoms with van der Waals surface area (Å²) in [6, 6.07) is 15.5. The van der Waals surface area contributed by atoms with E-state index in [2.05, 4.69) is 122 Å². The van der Waals surface area contributed by atoms with Gasteiger partial charge >= 0.3 is 0 Å². The lowest BCUT2D eigenvalue weighted by Crippen LogP contribution is -2.46. The maximum absolute atomic E-state index is 13.2. The summed E-state index contributed by atoms with van der Waals surface area (Å²) in [6.07, 6.45) is 32.6. The Morgan fingerprint density at radius 3 is 1.48 bits per heavy atom. The van der Waals surface area contributed by atoms with Gasteiger partial charge in [-0.25, -0.2) is 36.9 Å². The van der Waals surface area contributed by atoms with Crippen LogP contribution in [0, 0.1) is 30.6 Å². The highest BCUT2D eigenvalue weighted by Crippen LogP contribution is 2.45. The van der Waals surface area contributed by atoms with E-state index in [0.29, 0.717) is 79.6 Å². The third kappa shape index (κ3) is 18.8. The summed E-state index contributed by atoms with van der Waals surface area (Å²) in [5.41, 5.74) is 14.0. The van der Waals surface area contributed by atoms with Crippen LogP contribution in [-0.2, 0) is 24.1 Å². The Kier molecular flexibility index (Phi) is 25.5. The van der Waals surface area contributed by atoms with Gasteiger partial charge in [0.25, 0.3) is 5.91 Å². The fourth-order valence-corrected chi connectivity index (χ4v) is 17.2. The molecule has 4 N–H and O–H groups in total. The van der Waals surface area contributed by atoms with Crippen molar-refractivity contribution >= 4 is 56.0 Å². The number of carbonyl (C=O) groups excluding carboxylic acids is 2. The topological polar surface area (TPSA) is 254 Å². The third-order valence-electron chi connectivity index (χ3n) is 22.1. The number of rotatable bonds is 22. The highest BCUT2D eigenvalue weighted by atomic mass is 32.2. The largest absolute Gasteiger partial charge is 0.383 e. The lowest BCUT2D eigenvalue weighted by atomic mass is 9.77. The molecule has 0 bridgehead atoms. The Labute approximate surface area is 598 Å². The number of hydrogen-bond acceptors (Lipinski definition) is 17. The number of pyridine rings is 2. The highest BCUT2D eigenvalue weighted by Gasteiger charge is 2.36. The van der Waals surface area contributed by atoms with Crippen LogP contribution < -0.4 is 21.3 Å². The zero-order valence-electron chi connectivity index (χ0n) is 61.9. The van der Waals surface area contributed by atoms with Crippen LogP contribution in [0.15, 0.2) is 73.4 Å². The van der Waals surface area contributed by atoms with Crippen molar-refractivity contribution in [3.8, 4) is 22.3 Å². The molecule has 1 aliphatic heterocycles. The van der Waals surface area contributed by atoms with Crippen LogP contribution in [-0.4, -0.2) is 156 Å². The SMILES string of the molecule is CCCCC[C@H](C)Nc1ncc2c(C3CCC(C(=O)N4CCS(=O)(=O)CC4)CC3)cc(C3CCC(C)CC3)n2n1.CNC(=O)c1ccc(-c2cc(C3CCC(C)CC3)n3nc(N[C@@H](C)COC)ncc23)cn1.COC[C@H](C)Nc1ncc2c(-c3ccnc(C)c3)cc(C3CCC(C)CC3)n2n1. The summed E-state index contributed by atoms with van der Waals surface area (Å²) >= 11 is 0. The number of unbranched alkanes of at least 4 members (excludes halogenated alkanes) is 2. The highest BCUT2D eigenvalue weighted by molar-refractivity contribution is 7.91. The number of ether oxygens (including phenoxy) is 2. The Bertz CT molecular complexity index is 4130. The number of aryl methyl sites for hydroxylation is 1. The minimum absolute atomic E-state index is 0.00600. The van der Waals surface area contributed by atoms with Gasteiger partial charge in [-0.1, -0.05) is 91.5 Å². The number of hydrogen-bond donors (Lipinski definition) is 4. The van der Waals surface area contributed by atoms with Gasteiger partial charge in [0, 0.05) is 128 Å². The molecule has 5 aliphatic rings. The lowest BCUT2D eigenvalue weighted by molar-refractivity contribution is -0.136. The van der Waals surface area contributed by atoms with Gasteiger partial charge in [-0.2, -0.15) is 0 Å². The molecular weight excluding hydrogens is 1290 g/mol. The fourth-order valence-electron chi connectivity index (χ4n) is 16.0. The van der Waals surface area contributed by atoms with E-state index in [1.807, 2.05) is 49.2 Å². The van der Waals surface area contributed by atoms with Gasteiger partial charge in [0.05, 0.1) is 59.9 Å². The van der Waals surface area contributed by atoms with Crippen molar-refractivity contribution in [1.82, 2.24) is 64.0 Å². The minimum atomic E-state index is -2.98. The number of fused-ring (bicyclic) bond motifs is 3. The quantitative estimate of drug-likeness (QED) is 0.0460. The zero-order valence-corrected chi connectivity index (χ0v) is 62.7. The molecule has 2 amide bonds. The molecule has 546 valence electrons. The molecular formula is C78H112N16O6S. The molecule has 101 heavy (non-hydrogen) atoms. The molecule has 8 aromatic rings. The van der Waals surface area contributed by atoms with Crippen LogP contribution >= 0.6 is 0 Å². The normalized spacial score (nSPS) is 23.2. The molecule has 3 atom stereocenters. The molecule has 0 radical (unpaired) electrons. The summed E-state index contributed by atoms with van der Waals surface area (Å²) in [4.78, 5) is 49.4. The van der Waals surface area contributed by atoms with Gasteiger partial charge in [-0.05, 0) is 170 Å². The van der Waals surface area contributed by atoms with E-state index in [-0.39, 0.29) is 41.3 Å². The number of carbonyl (C=O) groups is 2. The molecule has 0 unspecified atom stereocenters. The van der Waals surface area contributed by atoms with E-state index in [1.165, 1.54) is 117 Å². The lowest BCUT2D eigenvalue weighted by Gasteiger charge is -2.33. The summed E-state index contributed by atoms with van der Waals surface area (Å²) in [5, 5.41) is 27.6. The Morgan fingerprint density at radius 1 is 0.545 bits per heavy atom. The average molecular weight is 1400 g/mol. The molecule has 0 spiro atoms. The summed E-state index contributed by atoms with van der Waals surface area (Å²) in [7, 11) is 2.01. The van der Waals surface area contributed by atoms with Gasteiger partial charge in [0.1, 0.15) is 5.69 Å². The molecule has 5 fully saturated rings. The second kappa shape index (κ2) is 34.6. The number of aromatic nitrogens is 11. The predicted molar refractivity (Wildman–Crippen MR) is 402 cm³/mol. The molecule has 0 aromatic carbocycles. The number of amides is 2. The van der Waals surface area contributed by atoms with Crippen LogP contribution in [0.25, 0.3) is 38.8 Å². The first kappa shape index (κ1) is 74.6. The fraction of sp³-hybridized carbons (Fsp3) is 0.615. The van der Waals surface area contributed by atoms with Crippen molar-refractivity contribution in [3.63, 3.8) is 0 Å². The maximum Gasteiger partial charge on any atom is 0.269 e. The van der Waals surface area contributed by atoms with Crippen molar-refractivity contribution in [2.75, 3.05) is 75.0 Å². The third-order valence-corrected chi connectivity index (χ3v) is 23.7. The van der Waals surface area contributed by atoms with Crippen LogP contribution in [0.2, 0.25) is 0 Å². The van der Waals surface area contributed by atoms with Crippen LogP contribution in [0.4, 0.5) is 17.8 Å². The standard InChI is InChI=1S/C31H49N5O3S.C24H32N6O2.C23H31N5O/c1-4-5-6-7-23(3)33-31-32-21-29-27(20-28(36(29)34-31)25-10-8-22(2)9-11-25)24-12-14-26(15-13-24)30(37)35-16-18-40(38,39)19-17-35;1-15-5-7-17(8-6-15)21-11-19(18-9-10-20(26-12-18)23(31)25-3)22-13-27-24(29-30(21)22)28-16(2)14-32-4;1-15-5-7-18(8-6-15)21-12-20(19-9-10-24-16(2)11-19)22-13-25-23(27-28(21)22)26-17(3)14-29-4/h20-26H,4-19H2,1-3H3,(H,33,34);9-13,15-17H,5-8,14H2,1-4H3,(H,25,31)(H,28,29);9-13,15,17-18H,5-8,14H2,1-4H3,(H,26,27)/t22?,23-,24?,25?,26?;15?,16-,17?;15?,17-,18?/m000/s1. The molecule has 8 aromatic heterocycles. The van der Waals surface area contributed by atoms with E-state index < -0.39 is 9.84 Å². The zero-order chi connectivity index (χ0) is 71.3. The Balaban J connectivity index is 0.000000155. The first-order chi connectivity index (χ1) is 48.8. The number of nitrogens with one attached hydrogen (secondary N) is 4. The van der Waals surface area contributed by atoms with E-state index in [9.17, 15) is 18.0 Å². The molecule has 22 nitrogen and oxygen atoms in total. The number of methoxy groups -OCH3 is 2. The number of sulfone groups is 1. The van der Waals surface area contributed by atoms with Crippen molar-refractivity contribution in [1.29, 1.82) is 0 Å². The smallest absolute Gasteiger partial charge is 0.269 e. The monoisotopic (exact) mass is 1400 g/mol. The number of anilines is 3. The van der Waals surface area contributed by atoms with Crippen molar-refractivity contribution in [2.24, 2.45) is 23.7 Å². The molecule has 4 aliphatic carbocycles. The molecule has 1 saturated heterocycles. The average Bonchev–Trinajstić information content (AvgIpc) is 1.64. The van der Waals surface area contributed by atoms with E-state index in [0.717, 1.165) is 96.1 Å². The van der Waals surface area contributed by atoms with Crippen LogP contribution in [0.1, 0.15) is 239 Å². The van der Waals surface area contributed by atoms with Crippen molar-refractivity contribution in [2.45, 2.75) is 226 Å². The molecule has 23 heteroatoms. The van der Waals surface area contributed by atoms with E-state index in [1.54, 1.807) is 38.4 Å². The van der Waals surface area contributed by atoms with E-state index in [4.69, 9.17) is 29.8 Å². The van der Waals surface area contributed by atoms with Crippen LogP contribution in [0.5, 0.6) is 0 Å². The first-order valence-electron chi connectivity index (χ1n) is 37.8. The summed E-state index contributed by atoms with van der Waals surface area (Å²) < 4.78 is 40.4. The molecule has 9 heterocycles. The van der Waals surface area contributed by atoms with Crippen LogP contribution in [0.3, 0.4) is 0 Å². The number of nitrogens with zero attached hydrogens (tertiary/aromatic N) is 12. The van der Waals surface area contributed by atoms with Gasteiger partial charge in [0.2, 0.25) is 23.8 Å². The van der Waals surface area contributed by atoms with Gasteiger partial charge in [-0.15, -0.1) is 15.3 Å². The maximum atomic E-state index is 13.2. The summed E-state index contributed by atoms with van der Waals surface area (Å²) in [6.45, 7) is 19.5. The molecule has 4 saturated carbocycles. The van der Waals surface area contributed by atoms with Crippen molar-refractivity contribution in [3.05, 3.63) is 107 Å². The van der Waals surface area contributed by atoms with Crippen molar-refractivity contribution < 1.29 is 27.5 Å².